The molecule has 2 rings (SSSR count). The number of carbonyl (C=O) groups excluding carboxylic acids is 2. The quantitative estimate of drug-likeness (QED) is 0.543. The summed E-state index contributed by atoms with van der Waals surface area (Å²) in [5.74, 6) is -1.03. The highest BCUT2D eigenvalue weighted by Crippen LogP contribution is 2.26. The standard InChI is InChI=1S/C19H20FNO4S/c1-4-21(14-7-5-13(20)6-8-14)18(22)12-25-19(23)16-10-9-15(26-3)11-17(16)24-2/h5-11H,4,12H2,1-3H3. The van der Waals surface area contributed by atoms with Gasteiger partial charge in [-0.1, -0.05) is 0 Å². The van der Waals surface area contributed by atoms with Crippen LogP contribution in [0.1, 0.15) is 17.3 Å². The molecule has 0 unspecified atom stereocenters. The molecule has 0 fully saturated rings. The van der Waals surface area contributed by atoms with Crippen molar-refractivity contribution < 1.29 is 23.5 Å². The molecule has 0 aliphatic heterocycles. The van der Waals surface area contributed by atoms with Crippen LogP contribution in [-0.2, 0) is 9.53 Å². The molecule has 7 heteroatoms. The number of rotatable bonds is 7. The molecule has 0 saturated heterocycles. The second-order valence-electron chi connectivity index (χ2n) is 5.26. The first kappa shape index (κ1) is 19.8. The SMILES string of the molecule is CCN(C(=O)COC(=O)c1ccc(SC)cc1OC)c1ccc(F)cc1. The average Bonchev–Trinajstić information content (AvgIpc) is 2.67. The zero-order valence-corrected chi connectivity index (χ0v) is 15.6. The van der Waals surface area contributed by atoms with Gasteiger partial charge in [-0.25, -0.2) is 9.18 Å². The summed E-state index contributed by atoms with van der Waals surface area (Å²) in [6.45, 7) is 1.73. The van der Waals surface area contributed by atoms with E-state index in [-0.39, 0.29) is 11.4 Å². The van der Waals surface area contributed by atoms with Crippen molar-refractivity contribution in [2.24, 2.45) is 0 Å². The molecule has 0 N–H and O–H groups in total. The van der Waals surface area contributed by atoms with Crippen LogP contribution in [0.2, 0.25) is 0 Å². The van der Waals surface area contributed by atoms with Crippen LogP contribution in [0.3, 0.4) is 0 Å². The van der Waals surface area contributed by atoms with E-state index in [1.54, 1.807) is 25.1 Å². The van der Waals surface area contributed by atoms with Gasteiger partial charge in [-0.3, -0.25) is 4.79 Å². The Morgan fingerprint density at radius 2 is 1.85 bits per heavy atom. The van der Waals surface area contributed by atoms with Crippen LogP contribution in [-0.4, -0.2) is 38.4 Å². The molecule has 0 atom stereocenters. The Labute approximate surface area is 156 Å². The fourth-order valence-electron chi connectivity index (χ4n) is 2.37. The normalized spacial score (nSPS) is 10.3. The lowest BCUT2D eigenvalue weighted by Gasteiger charge is -2.21. The Hall–Kier alpha value is -2.54. The van der Waals surface area contributed by atoms with Gasteiger partial charge in [0.15, 0.2) is 6.61 Å². The van der Waals surface area contributed by atoms with Gasteiger partial charge in [0.2, 0.25) is 0 Å². The number of thioether (sulfide) groups is 1. The highest BCUT2D eigenvalue weighted by Gasteiger charge is 2.19. The van der Waals surface area contributed by atoms with E-state index in [9.17, 15) is 14.0 Å². The summed E-state index contributed by atoms with van der Waals surface area (Å²) >= 11 is 1.52. The molecule has 2 aromatic rings. The highest BCUT2D eigenvalue weighted by molar-refractivity contribution is 7.98. The number of hydrogen-bond acceptors (Lipinski definition) is 5. The van der Waals surface area contributed by atoms with Crippen molar-refractivity contribution in [1.82, 2.24) is 0 Å². The van der Waals surface area contributed by atoms with Crippen molar-refractivity contribution in [3.63, 3.8) is 0 Å². The van der Waals surface area contributed by atoms with E-state index in [1.807, 2.05) is 6.26 Å². The molecule has 0 saturated carbocycles. The van der Waals surface area contributed by atoms with Crippen molar-refractivity contribution in [3.05, 3.63) is 53.8 Å². The predicted octanol–water partition coefficient (Wildman–Crippen LogP) is 3.77. The number of carbonyl (C=O) groups is 2. The molecule has 0 bridgehead atoms. The topological polar surface area (TPSA) is 55.8 Å². The number of benzene rings is 2. The minimum Gasteiger partial charge on any atom is -0.496 e. The van der Waals surface area contributed by atoms with Gasteiger partial charge in [-0.05, 0) is 55.6 Å². The summed E-state index contributed by atoms with van der Waals surface area (Å²) in [4.78, 5) is 27.0. The minimum atomic E-state index is -0.641. The first-order valence-electron chi connectivity index (χ1n) is 7.95. The Morgan fingerprint density at radius 1 is 1.15 bits per heavy atom. The zero-order chi connectivity index (χ0) is 19.1. The first-order chi connectivity index (χ1) is 12.5. The second-order valence-corrected chi connectivity index (χ2v) is 6.14. The number of ether oxygens (including phenoxy) is 2. The van der Waals surface area contributed by atoms with E-state index in [1.165, 1.54) is 48.0 Å². The molecular weight excluding hydrogens is 357 g/mol. The maximum atomic E-state index is 13.0. The molecular formula is C19H20FNO4S. The van der Waals surface area contributed by atoms with Gasteiger partial charge in [0, 0.05) is 17.1 Å². The fraction of sp³-hybridized carbons (Fsp3) is 0.263. The fourth-order valence-corrected chi connectivity index (χ4v) is 2.80. The van der Waals surface area contributed by atoms with Gasteiger partial charge in [0.05, 0.1) is 7.11 Å². The molecule has 0 spiro atoms. The number of nitrogens with zero attached hydrogens (tertiary/aromatic N) is 1. The molecule has 2 aromatic carbocycles. The van der Waals surface area contributed by atoms with Gasteiger partial charge in [-0.15, -0.1) is 11.8 Å². The third-order valence-corrected chi connectivity index (χ3v) is 4.44. The molecule has 1 amide bonds. The van der Waals surface area contributed by atoms with Crippen molar-refractivity contribution in [3.8, 4) is 5.75 Å². The van der Waals surface area contributed by atoms with E-state index >= 15 is 0 Å². The lowest BCUT2D eigenvalue weighted by atomic mass is 10.2. The average molecular weight is 377 g/mol. The van der Waals surface area contributed by atoms with Crippen LogP contribution >= 0.6 is 11.8 Å². The number of methoxy groups -OCH3 is 1. The minimum absolute atomic E-state index is 0.253. The summed E-state index contributed by atoms with van der Waals surface area (Å²) in [5.41, 5.74) is 0.791. The molecule has 138 valence electrons. The monoisotopic (exact) mass is 377 g/mol. The summed E-state index contributed by atoms with van der Waals surface area (Å²) in [7, 11) is 1.47. The Kier molecular flexibility index (Phi) is 7.03. The lowest BCUT2D eigenvalue weighted by Crippen LogP contribution is -2.34. The number of anilines is 1. The van der Waals surface area contributed by atoms with E-state index < -0.39 is 18.5 Å². The largest absolute Gasteiger partial charge is 0.496 e. The van der Waals surface area contributed by atoms with Crippen molar-refractivity contribution in [1.29, 1.82) is 0 Å². The second kappa shape index (κ2) is 9.24. The van der Waals surface area contributed by atoms with Crippen LogP contribution in [0.4, 0.5) is 10.1 Å². The number of likely N-dealkylation sites (N-methyl/N-ethyl adjacent to an activating group) is 1. The molecule has 0 heterocycles. The lowest BCUT2D eigenvalue weighted by molar-refractivity contribution is -0.121. The van der Waals surface area contributed by atoms with Gasteiger partial charge in [-0.2, -0.15) is 0 Å². The van der Waals surface area contributed by atoms with Crippen molar-refractivity contribution in [2.45, 2.75) is 11.8 Å². The first-order valence-corrected chi connectivity index (χ1v) is 9.17. The zero-order valence-electron chi connectivity index (χ0n) is 14.8. The van der Waals surface area contributed by atoms with Gasteiger partial charge in [0.25, 0.3) is 5.91 Å². The van der Waals surface area contributed by atoms with E-state index in [0.29, 0.717) is 18.0 Å². The van der Waals surface area contributed by atoms with Gasteiger partial charge in [0.1, 0.15) is 17.1 Å². The summed E-state index contributed by atoms with van der Waals surface area (Å²) in [5, 5.41) is 0. The number of esters is 1. The van der Waals surface area contributed by atoms with Gasteiger partial charge < -0.3 is 14.4 Å². The Balaban J connectivity index is 2.06. The number of amides is 1. The number of hydrogen-bond donors (Lipinski definition) is 0. The van der Waals surface area contributed by atoms with Gasteiger partial charge >= 0.3 is 5.97 Å². The maximum absolute atomic E-state index is 13.0. The van der Waals surface area contributed by atoms with Crippen LogP contribution in [0.15, 0.2) is 47.4 Å². The van der Waals surface area contributed by atoms with E-state index in [2.05, 4.69) is 0 Å². The van der Waals surface area contributed by atoms with Crippen molar-refractivity contribution in [2.75, 3.05) is 31.4 Å². The molecule has 0 aromatic heterocycles. The van der Waals surface area contributed by atoms with E-state index in [4.69, 9.17) is 9.47 Å². The van der Waals surface area contributed by atoms with Crippen LogP contribution in [0.25, 0.3) is 0 Å². The van der Waals surface area contributed by atoms with Crippen LogP contribution in [0.5, 0.6) is 5.75 Å². The smallest absolute Gasteiger partial charge is 0.342 e. The molecule has 26 heavy (non-hydrogen) atoms. The summed E-state index contributed by atoms with van der Waals surface area (Å²) in [6, 6.07) is 10.7. The van der Waals surface area contributed by atoms with Crippen LogP contribution < -0.4 is 9.64 Å². The third kappa shape index (κ3) is 4.76. The summed E-state index contributed by atoms with van der Waals surface area (Å²) < 4.78 is 23.4. The Morgan fingerprint density at radius 3 is 2.42 bits per heavy atom. The Bertz CT molecular complexity index is 780. The third-order valence-electron chi connectivity index (χ3n) is 3.71. The highest BCUT2D eigenvalue weighted by atomic mass is 32.2. The van der Waals surface area contributed by atoms with Crippen LogP contribution in [0, 0.1) is 5.82 Å². The van der Waals surface area contributed by atoms with E-state index in [0.717, 1.165) is 4.90 Å². The predicted molar refractivity (Wildman–Crippen MR) is 99.5 cm³/mol. The number of halogens is 1. The molecule has 0 aliphatic rings. The molecule has 5 nitrogen and oxygen atoms in total. The summed E-state index contributed by atoms with van der Waals surface area (Å²) in [6.07, 6.45) is 1.92. The maximum Gasteiger partial charge on any atom is 0.342 e. The molecule has 0 aliphatic carbocycles. The molecule has 0 radical (unpaired) electrons. The van der Waals surface area contributed by atoms with Crippen molar-refractivity contribution >= 4 is 29.3 Å².